The van der Waals surface area contributed by atoms with Crippen LogP contribution in [0.1, 0.15) is 11.1 Å². The van der Waals surface area contributed by atoms with Gasteiger partial charge in [0.15, 0.2) is 11.5 Å². The van der Waals surface area contributed by atoms with E-state index in [1.807, 2.05) is 30.3 Å². The molecule has 1 amide bonds. The fourth-order valence-corrected chi connectivity index (χ4v) is 5.13. The molecule has 0 saturated carbocycles. The minimum absolute atomic E-state index is 0.0445. The Labute approximate surface area is 199 Å². The van der Waals surface area contributed by atoms with Crippen molar-refractivity contribution in [3.63, 3.8) is 0 Å². The molecule has 1 N–H and O–H groups in total. The number of fused-ring (bicyclic) bond motifs is 1. The van der Waals surface area contributed by atoms with Crippen molar-refractivity contribution in [2.24, 2.45) is 0 Å². The van der Waals surface area contributed by atoms with Crippen LogP contribution in [0.4, 0.5) is 5.69 Å². The topological polar surface area (TPSA) is 94.2 Å². The number of amides is 1. The first-order chi connectivity index (χ1) is 16.4. The molecule has 8 nitrogen and oxygen atoms in total. The van der Waals surface area contributed by atoms with Crippen molar-refractivity contribution in [2.45, 2.75) is 18.4 Å². The Balaban J connectivity index is 1.58. The molecule has 0 bridgehead atoms. The number of anilines is 1. The number of methoxy groups -OCH3 is 1. The van der Waals surface area contributed by atoms with Crippen LogP contribution in [0.2, 0.25) is 0 Å². The fraction of sp³-hybridized carbons (Fsp3) is 0.240. The second-order valence-electron chi connectivity index (χ2n) is 7.80. The summed E-state index contributed by atoms with van der Waals surface area (Å²) in [5.74, 6) is 1.25. The van der Waals surface area contributed by atoms with Crippen LogP contribution < -0.4 is 19.5 Å². The molecular weight excluding hydrogens is 456 g/mol. The lowest BCUT2D eigenvalue weighted by molar-refractivity contribution is -0.116. The van der Waals surface area contributed by atoms with E-state index in [1.54, 1.807) is 37.3 Å². The lowest BCUT2D eigenvalue weighted by Crippen LogP contribution is -2.37. The SMILES string of the molecule is COc1ccc(S(=O)(=O)N(CC(=O)Nc2ccc3c(c2)OCCO3)Cc2ccccc2)cc1C. The lowest BCUT2D eigenvalue weighted by Gasteiger charge is -2.23. The number of benzene rings is 3. The van der Waals surface area contributed by atoms with Crippen LogP contribution in [0, 0.1) is 6.92 Å². The van der Waals surface area contributed by atoms with Crippen LogP contribution >= 0.6 is 0 Å². The normalized spacial score (nSPS) is 12.9. The van der Waals surface area contributed by atoms with Gasteiger partial charge in [-0.3, -0.25) is 4.79 Å². The average Bonchev–Trinajstić information content (AvgIpc) is 2.84. The number of carbonyl (C=O) groups excluding carboxylic acids is 1. The number of hydrogen-bond acceptors (Lipinski definition) is 6. The molecule has 4 rings (SSSR count). The summed E-state index contributed by atoms with van der Waals surface area (Å²) in [6.45, 7) is 2.35. The van der Waals surface area contributed by atoms with E-state index >= 15 is 0 Å². The van der Waals surface area contributed by atoms with E-state index < -0.39 is 15.9 Å². The molecule has 178 valence electrons. The molecule has 1 aliphatic heterocycles. The van der Waals surface area contributed by atoms with E-state index in [1.165, 1.54) is 13.2 Å². The average molecular weight is 483 g/mol. The van der Waals surface area contributed by atoms with Crippen LogP contribution in [0.15, 0.2) is 71.6 Å². The summed E-state index contributed by atoms with van der Waals surface area (Å²) in [7, 11) is -2.45. The van der Waals surface area contributed by atoms with Gasteiger partial charge in [0.25, 0.3) is 0 Å². The Morgan fingerprint density at radius 3 is 2.44 bits per heavy atom. The number of nitrogens with one attached hydrogen (secondary N) is 1. The van der Waals surface area contributed by atoms with Gasteiger partial charge in [0.1, 0.15) is 19.0 Å². The van der Waals surface area contributed by atoms with Gasteiger partial charge in [-0.05, 0) is 48.4 Å². The Morgan fingerprint density at radius 1 is 1.00 bits per heavy atom. The van der Waals surface area contributed by atoms with Crippen molar-refractivity contribution in [1.82, 2.24) is 4.31 Å². The van der Waals surface area contributed by atoms with E-state index in [0.717, 1.165) is 9.87 Å². The van der Waals surface area contributed by atoms with Gasteiger partial charge < -0.3 is 19.5 Å². The summed E-state index contributed by atoms with van der Waals surface area (Å²) in [6.07, 6.45) is 0. The third-order valence-corrected chi connectivity index (χ3v) is 7.14. The summed E-state index contributed by atoms with van der Waals surface area (Å²) < 4.78 is 44.5. The lowest BCUT2D eigenvalue weighted by atomic mass is 10.2. The summed E-state index contributed by atoms with van der Waals surface area (Å²) in [5, 5.41) is 2.76. The first-order valence-corrected chi connectivity index (χ1v) is 12.2. The first-order valence-electron chi connectivity index (χ1n) is 10.7. The van der Waals surface area contributed by atoms with Gasteiger partial charge in [0.2, 0.25) is 15.9 Å². The number of sulfonamides is 1. The molecular formula is C25H26N2O6S. The van der Waals surface area contributed by atoms with E-state index in [4.69, 9.17) is 14.2 Å². The smallest absolute Gasteiger partial charge is 0.243 e. The van der Waals surface area contributed by atoms with Gasteiger partial charge in [-0.2, -0.15) is 4.31 Å². The third kappa shape index (κ3) is 5.32. The largest absolute Gasteiger partial charge is 0.496 e. The number of aryl methyl sites for hydroxylation is 1. The van der Waals surface area contributed by atoms with Gasteiger partial charge >= 0.3 is 0 Å². The summed E-state index contributed by atoms with van der Waals surface area (Å²) in [5.41, 5.74) is 1.94. The van der Waals surface area contributed by atoms with Crippen LogP contribution in [-0.4, -0.2) is 45.5 Å². The van der Waals surface area contributed by atoms with Crippen LogP contribution in [0.5, 0.6) is 17.2 Å². The third-order valence-electron chi connectivity index (χ3n) is 5.35. The van der Waals surface area contributed by atoms with Crippen molar-refractivity contribution in [3.8, 4) is 17.2 Å². The molecule has 3 aromatic carbocycles. The molecule has 0 aliphatic carbocycles. The van der Waals surface area contributed by atoms with Crippen LogP contribution in [0.3, 0.4) is 0 Å². The summed E-state index contributed by atoms with van der Waals surface area (Å²) in [6, 6.07) is 18.8. The van der Waals surface area contributed by atoms with E-state index in [-0.39, 0.29) is 18.0 Å². The highest BCUT2D eigenvalue weighted by molar-refractivity contribution is 7.89. The van der Waals surface area contributed by atoms with Crippen molar-refractivity contribution < 1.29 is 27.4 Å². The highest BCUT2D eigenvalue weighted by Crippen LogP contribution is 2.32. The minimum atomic E-state index is -3.98. The molecule has 0 aromatic heterocycles. The first kappa shape index (κ1) is 23.6. The number of hydrogen-bond donors (Lipinski definition) is 1. The van der Waals surface area contributed by atoms with E-state index in [9.17, 15) is 13.2 Å². The van der Waals surface area contributed by atoms with E-state index in [2.05, 4.69) is 5.32 Å². The fourth-order valence-electron chi connectivity index (χ4n) is 3.66. The molecule has 0 spiro atoms. The monoisotopic (exact) mass is 482 g/mol. The molecule has 1 heterocycles. The zero-order chi connectivity index (χ0) is 24.1. The van der Waals surface area contributed by atoms with E-state index in [0.29, 0.717) is 41.7 Å². The standard InChI is InChI=1S/C25H26N2O6S/c1-18-14-21(9-11-22(18)31-2)34(29,30)27(16-19-6-4-3-5-7-19)17-25(28)26-20-8-10-23-24(15-20)33-13-12-32-23/h3-11,14-15H,12-13,16-17H2,1-2H3,(H,26,28). The van der Waals surface area contributed by atoms with Gasteiger partial charge in [-0.15, -0.1) is 0 Å². The Hall–Kier alpha value is -3.56. The van der Waals surface area contributed by atoms with Gasteiger partial charge in [-0.25, -0.2) is 8.42 Å². The predicted octanol–water partition coefficient (Wildman–Crippen LogP) is 3.60. The molecule has 1 aliphatic rings. The number of rotatable bonds is 8. The van der Waals surface area contributed by atoms with Crippen LogP contribution in [0.25, 0.3) is 0 Å². The maximum Gasteiger partial charge on any atom is 0.243 e. The molecule has 9 heteroatoms. The molecule has 34 heavy (non-hydrogen) atoms. The second kappa shape index (κ2) is 10.1. The Bertz CT molecular complexity index is 1280. The zero-order valence-electron chi connectivity index (χ0n) is 19.0. The molecule has 0 fully saturated rings. The Morgan fingerprint density at radius 2 is 1.74 bits per heavy atom. The second-order valence-corrected chi connectivity index (χ2v) is 9.73. The predicted molar refractivity (Wildman–Crippen MR) is 128 cm³/mol. The molecule has 0 atom stereocenters. The van der Waals surface area contributed by atoms with Gasteiger partial charge in [0.05, 0.1) is 18.6 Å². The van der Waals surface area contributed by atoms with Gasteiger partial charge in [0, 0.05) is 18.3 Å². The molecule has 0 radical (unpaired) electrons. The molecule has 0 saturated heterocycles. The maximum absolute atomic E-state index is 13.5. The number of nitrogens with zero attached hydrogens (tertiary/aromatic N) is 1. The van der Waals surface area contributed by atoms with Crippen molar-refractivity contribution in [3.05, 3.63) is 77.9 Å². The molecule has 0 unspecified atom stereocenters. The summed E-state index contributed by atoms with van der Waals surface area (Å²) in [4.78, 5) is 13.0. The van der Waals surface area contributed by atoms with Gasteiger partial charge in [-0.1, -0.05) is 30.3 Å². The summed E-state index contributed by atoms with van der Waals surface area (Å²) >= 11 is 0. The maximum atomic E-state index is 13.5. The minimum Gasteiger partial charge on any atom is -0.496 e. The zero-order valence-corrected chi connectivity index (χ0v) is 19.8. The number of carbonyl (C=O) groups is 1. The van der Waals surface area contributed by atoms with Crippen molar-refractivity contribution in [1.29, 1.82) is 0 Å². The molecule has 3 aromatic rings. The highest BCUT2D eigenvalue weighted by atomic mass is 32.2. The quantitative estimate of drug-likeness (QED) is 0.527. The number of ether oxygens (including phenoxy) is 3. The Kier molecular flexibility index (Phi) is 7.04. The van der Waals surface area contributed by atoms with Crippen LogP contribution in [-0.2, 0) is 21.4 Å². The van der Waals surface area contributed by atoms with Crippen molar-refractivity contribution >= 4 is 21.6 Å². The van der Waals surface area contributed by atoms with Crippen molar-refractivity contribution in [2.75, 3.05) is 32.2 Å². The highest BCUT2D eigenvalue weighted by Gasteiger charge is 2.28.